The summed E-state index contributed by atoms with van der Waals surface area (Å²) in [4.78, 5) is 0. The summed E-state index contributed by atoms with van der Waals surface area (Å²) in [6, 6.07) is 20.0. The fraction of sp³-hybridized carbons (Fsp3) is 0.0909. The molecule has 2 N–H and O–H groups in total. The molecule has 0 aromatic heterocycles. The summed E-state index contributed by atoms with van der Waals surface area (Å²) in [6.07, 6.45) is 0. The van der Waals surface area contributed by atoms with E-state index < -0.39 is 0 Å². The van der Waals surface area contributed by atoms with Crippen LogP contribution in [0.15, 0.2) is 60.7 Å². The van der Waals surface area contributed by atoms with E-state index in [2.05, 4.69) is 5.73 Å². The minimum absolute atomic E-state index is 0. The first-order valence-electron chi connectivity index (χ1n) is 3.91. The molecule has 2 aromatic carbocycles. The number of halogens is 1. The Morgan fingerprint density at radius 2 is 1.07 bits per heavy atom. The molecule has 2 rings (SSSR count). The maximum absolute atomic E-state index is 4.50. The molecular weight excluding hydrogens is 237 g/mol. The molecule has 0 atom stereocenters. The minimum atomic E-state index is 0. The number of hydrogen-bond acceptors (Lipinski definition) is 1. The molecule has 0 amide bonds. The second-order valence-electron chi connectivity index (χ2n) is 1.92. The maximum atomic E-state index is 4.50. The van der Waals surface area contributed by atoms with Gasteiger partial charge in [-0.1, -0.05) is 0 Å². The molecular formula is C11H16ClFeN-6. The molecule has 1 nitrogen and oxygen atoms in total. The van der Waals surface area contributed by atoms with E-state index in [9.17, 15) is 0 Å². The average molecular weight is 254 g/mol. The van der Waals surface area contributed by atoms with Gasteiger partial charge in [-0.15, -0.1) is 12.4 Å². The normalized spacial score (nSPS) is 6.14. The van der Waals surface area contributed by atoms with Crippen molar-refractivity contribution in [2.75, 3.05) is 7.05 Å². The van der Waals surface area contributed by atoms with Crippen LogP contribution in [0.5, 0.6) is 0 Å². The van der Waals surface area contributed by atoms with Gasteiger partial charge >= 0.3 is 0 Å². The van der Waals surface area contributed by atoms with Gasteiger partial charge in [0.1, 0.15) is 0 Å². The number of hydrogen-bond donors (Lipinski definition) is 1. The van der Waals surface area contributed by atoms with E-state index in [0.717, 1.165) is 0 Å². The van der Waals surface area contributed by atoms with E-state index in [0.29, 0.717) is 0 Å². The molecule has 0 heterocycles. The van der Waals surface area contributed by atoms with Crippen LogP contribution in [0.3, 0.4) is 0 Å². The first kappa shape index (κ1) is 19.1. The van der Waals surface area contributed by atoms with Crippen molar-refractivity contribution in [3.05, 3.63) is 60.7 Å². The second kappa shape index (κ2) is 18.3. The van der Waals surface area contributed by atoms with Crippen molar-refractivity contribution in [1.29, 1.82) is 0 Å². The third-order valence-corrected chi connectivity index (χ3v) is 1.11. The standard InChI is InChI=1S/2C5H5.CH5N.ClH.Fe/c2*1-2-4-5-3-1;1-2;;/h2*1-5H;2H2,1H3;1H;/q-5;-1;;;. The Balaban J connectivity index is -0.000000131. The van der Waals surface area contributed by atoms with Crippen molar-refractivity contribution in [2.24, 2.45) is 5.73 Å². The Labute approximate surface area is 103 Å². The summed E-state index contributed by atoms with van der Waals surface area (Å²) < 4.78 is 0. The van der Waals surface area contributed by atoms with Crippen molar-refractivity contribution in [3.8, 4) is 0 Å². The van der Waals surface area contributed by atoms with Crippen LogP contribution < -0.4 is 5.73 Å². The van der Waals surface area contributed by atoms with Gasteiger partial charge in [0, 0.05) is 17.1 Å². The van der Waals surface area contributed by atoms with Gasteiger partial charge in [0.15, 0.2) is 0 Å². The molecule has 0 unspecified atom stereocenters. The number of rotatable bonds is 0. The van der Waals surface area contributed by atoms with Crippen LogP contribution in [0.25, 0.3) is 0 Å². The molecule has 0 radical (unpaired) electrons. The van der Waals surface area contributed by atoms with Crippen LogP contribution >= 0.6 is 12.4 Å². The fourth-order valence-corrected chi connectivity index (χ4v) is 0.642. The van der Waals surface area contributed by atoms with Gasteiger partial charge in [-0.3, -0.25) is 0 Å². The van der Waals surface area contributed by atoms with Crippen molar-refractivity contribution in [3.63, 3.8) is 0 Å². The minimum Gasteiger partial charge on any atom is -0.748 e. The van der Waals surface area contributed by atoms with Gasteiger partial charge in [0.05, 0.1) is 0 Å². The molecule has 0 saturated carbocycles. The van der Waals surface area contributed by atoms with Crippen molar-refractivity contribution in [1.82, 2.24) is 0 Å². The molecule has 86 valence electrons. The molecule has 0 aliphatic heterocycles. The van der Waals surface area contributed by atoms with E-state index in [-0.39, 0.29) is 29.5 Å². The predicted molar refractivity (Wildman–Crippen MR) is 61.4 cm³/mol. The Hall–Kier alpha value is -0.531. The Bertz CT molecular complexity index is 155. The van der Waals surface area contributed by atoms with Crippen molar-refractivity contribution >= 4 is 12.4 Å². The van der Waals surface area contributed by atoms with Gasteiger partial charge in [-0.2, -0.15) is 18.2 Å². The molecule has 0 aliphatic carbocycles. The first-order chi connectivity index (χ1) is 6.00. The Morgan fingerprint density at radius 3 is 1.21 bits per heavy atom. The zero-order valence-electron chi connectivity index (χ0n) is 8.11. The van der Waals surface area contributed by atoms with Gasteiger partial charge in [0.2, 0.25) is 0 Å². The van der Waals surface area contributed by atoms with Crippen LogP contribution in [0, 0.1) is 0 Å². The van der Waals surface area contributed by atoms with Crippen LogP contribution in [0.4, 0.5) is 0 Å². The van der Waals surface area contributed by atoms with E-state index >= 15 is 0 Å². The zero-order valence-corrected chi connectivity index (χ0v) is 10.0. The first-order valence-corrected chi connectivity index (χ1v) is 3.91. The van der Waals surface area contributed by atoms with Crippen LogP contribution in [0.1, 0.15) is 0 Å². The van der Waals surface area contributed by atoms with Gasteiger partial charge in [-0.25, -0.2) is 12.1 Å². The number of nitrogens with two attached hydrogens (primary N) is 1. The summed E-state index contributed by atoms with van der Waals surface area (Å²) >= 11 is 0. The Morgan fingerprint density at radius 1 is 0.786 bits per heavy atom. The molecule has 0 spiro atoms. The monoisotopic (exact) mass is 253 g/mol. The quantitative estimate of drug-likeness (QED) is 0.567. The maximum Gasteiger partial charge on any atom is 0 e. The summed E-state index contributed by atoms with van der Waals surface area (Å²) in [5.74, 6) is 0. The van der Waals surface area contributed by atoms with E-state index in [1.54, 1.807) is 0 Å². The largest absolute Gasteiger partial charge is 0.748 e. The topological polar surface area (TPSA) is 26.0 Å². The summed E-state index contributed by atoms with van der Waals surface area (Å²) in [5, 5.41) is 0. The summed E-state index contributed by atoms with van der Waals surface area (Å²) in [7, 11) is 1.50. The molecule has 14 heavy (non-hydrogen) atoms. The van der Waals surface area contributed by atoms with E-state index in [4.69, 9.17) is 0 Å². The molecule has 0 aliphatic rings. The molecule has 3 heteroatoms. The van der Waals surface area contributed by atoms with Gasteiger partial charge < -0.3 is 36.1 Å². The third-order valence-electron chi connectivity index (χ3n) is 1.11. The zero-order chi connectivity index (χ0) is 9.07. The predicted octanol–water partition coefficient (Wildman–Crippen LogP) is 2.81. The molecule has 0 fully saturated rings. The summed E-state index contributed by atoms with van der Waals surface area (Å²) in [6.45, 7) is 0. The molecule has 2 aromatic rings. The van der Waals surface area contributed by atoms with Crippen LogP contribution in [-0.4, -0.2) is 7.05 Å². The Kier molecular flexibility index (Phi) is 25.0. The average Bonchev–Trinajstić information content (AvgIpc) is 2.87. The smallest absolute Gasteiger partial charge is 0 e. The van der Waals surface area contributed by atoms with Crippen LogP contribution in [-0.2, 0) is 17.1 Å². The van der Waals surface area contributed by atoms with E-state index in [1.165, 1.54) is 7.05 Å². The van der Waals surface area contributed by atoms with Crippen molar-refractivity contribution in [2.45, 2.75) is 0 Å². The van der Waals surface area contributed by atoms with E-state index in [1.807, 2.05) is 60.7 Å². The van der Waals surface area contributed by atoms with Crippen molar-refractivity contribution < 1.29 is 17.1 Å². The van der Waals surface area contributed by atoms with Gasteiger partial charge in [-0.05, 0) is 7.05 Å². The SMILES string of the molecule is CN.Cl.[Fe].[cH-]1[cH-][cH-][cH-][cH-]1.c1cc[cH-]c1. The third kappa shape index (κ3) is 14.0. The molecule has 0 saturated heterocycles. The van der Waals surface area contributed by atoms with Crippen LogP contribution in [0.2, 0.25) is 0 Å². The molecule has 0 bridgehead atoms. The summed E-state index contributed by atoms with van der Waals surface area (Å²) in [5.41, 5.74) is 4.50. The second-order valence-corrected chi connectivity index (χ2v) is 1.92. The van der Waals surface area contributed by atoms with Gasteiger partial charge in [0.25, 0.3) is 0 Å². The fourth-order valence-electron chi connectivity index (χ4n) is 0.642.